The van der Waals surface area contributed by atoms with Crippen LogP contribution in [0.5, 0.6) is 11.5 Å². The lowest BCUT2D eigenvalue weighted by molar-refractivity contribution is -0.114. The number of sulfone groups is 1. The van der Waals surface area contributed by atoms with Crippen molar-refractivity contribution in [2.45, 2.75) is 13.0 Å². The zero-order valence-electron chi connectivity index (χ0n) is 12.3. The highest BCUT2D eigenvalue weighted by molar-refractivity contribution is 7.90. The summed E-state index contributed by atoms with van der Waals surface area (Å²) in [4.78, 5) is 11.2. The standard InChI is InChI=1S/C13H19NO6S/c1-8(15)14-13-11(19-2)5-9(6-12(13)20-3)10(16)7-21(4,17)18/h5-6,10,16H,7H2,1-4H3,(H,14,15). The molecule has 7 nitrogen and oxygen atoms in total. The van der Waals surface area contributed by atoms with E-state index in [0.29, 0.717) is 11.3 Å². The van der Waals surface area contributed by atoms with E-state index < -0.39 is 21.7 Å². The quantitative estimate of drug-likeness (QED) is 0.802. The lowest BCUT2D eigenvalue weighted by Crippen LogP contribution is -2.14. The van der Waals surface area contributed by atoms with E-state index in [0.717, 1.165) is 6.26 Å². The number of hydrogen-bond acceptors (Lipinski definition) is 6. The molecule has 1 amide bonds. The first-order valence-electron chi connectivity index (χ1n) is 6.07. The lowest BCUT2D eigenvalue weighted by atomic mass is 10.1. The van der Waals surface area contributed by atoms with Gasteiger partial charge >= 0.3 is 0 Å². The van der Waals surface area contributed by atoms with Gasteiger partial charge in [-0.05, 0) is 17.7 Å². The zero-order chi connectivity index (χ0) is 16.2. The van der Waals surface area contributed by atoms with Crippen molar-refractivity contribution in [3.05, 3.63) is 17.7 Å². The van der Waals surface area contributed by atoms with E-state index in [1.165, 1.54) is 33.3 Å². The molecule has 1 unspecified atom stereocenters. The van der Waals surface area contributed by atoms with Crippen LogP contribution < -0.4 is 14.8 Å². The van der Waals surface area contributed by atoms with E-state index >= 15 is 0 Å². The molecule has 1 rings (SSSR count). The normalized spacial score (nSPS) is 12.6. The molecule has 0 saturated carbocycles. The van der Waals surface area contributed by atoms with Gasteiger partial charge in [-0.25, -0.2) is 8.42 Å². The maximum Gasteiger partial charge on any atom is 0.221 e. The van der Waals surface area contributed by atoms with Crippen LogP contribution in [0.3, 0.4) is 0 Å². The Balaban J connectivity index is 3.28. The van der Waals surface area contributed by atoms with E-state index in [9.17, 15) is 18.3 Å². The Bertz CT molecular complexity index is 601. The van der Waals surface area contributed by atoms with Crippen molar-refractivity contribution >= 4 is 21.4 Å². The molecule has 0 bridgehead atoms. The van der Waals surface area contributed by atoms with Crippen LogP contribution in [0.25, 0.3) is 0 Å². The van der Waals surface area contributed by atoms with E-state index in [-0.39, 0.29) is 17.4 Å². The van der Waals surface area contributed by atoms with Gasteiger partial charge in [-0.1, -0.05) is 0 Å². The fourth-order valence-corrected chi connectivity index (χ4v) is 2.57. The Morgan fingerprint density at radius 1 is 1.29 bits per heavy atom. The molecular weight excluding hydrogens is 298 g/mol. The summed E-state index contributed by atoms with van der Waals surface area (Å²) in [6.07, 6.45) is -0.176. The highest BCUT2D eigenvalue weighted by Crippen LogP contribution is 2.38. The SMILES string of the molecule is COc1cc(C(O)CS(C)(=O)=O)cc(OC)c1NC(C)=O. The molecule has 0 spiro atoms. The summed E-state index contributed by atoms with van der Waals surface area (Å²) in [5, 5.41) is 12.6. The zero-order valence-corrected chi connectivity index (χ0v) is 13.2. The van der Waals surface area contributed by atoms with Crippen LogP contribution in [0.1, 0.15) is 18.6 Å². The van der Waals surface area contributed by atoms with Gasteiger partial charge in [0, 0.05) is 13.2 Å². The van der Waals surface area contributed by atoms with Gasteiger partial charge in [-0.2, -0.15) is 0 Å². The molecule has 1 aromatic carbocycles. The first-order chi connectivity index (χ1) is 9.67. The minimum absolute atomic E-state index is 0.270. The second kappa shape index (κ2) is 6.77. The highest BCUT2D eigenvalue weighted by atomic mass is 32.2. The van der Waals surface area contributed by atoms with Gasteiger partial charge in [0.2, 0.25) is 5.91 Å². The number of benzene rings is 1. The molecule has 1 aromatic rings. The number of hydrogen-bond donors (Lipinski definition) is 2. The lowest BCUT2D eigenvalue weighted by Gasteiger charge is -2.17. The number of nitrogens with one attached hydrogen (secondary N) is 1. The third-order valence-electron chi connectivity index (χ3n) is 2.67. The molecule has 0 aliphatic heterocycles. The fourth-order valence-electron chi connectivity index (χ4n) is 1.81. The fraction of sp³-hybridized carbons (Fsp3) is 0.462. The average molecular weight is 317 g/mol. The molecular formula is C13H19NO6S. The number of anilines is 1. The van der Waals surface area contributed by atoms with Crippen LogP contribution in [-0.2, 0) is 14.6 Å². The topological polar surface area (TPSA) is 102 Å². The Morgan fingerprint density at radius 3 is 2.10 bits per heavy atom. The van der Waals surface area contributed by atoms with Gasteiger partial charge in [0.15, 0.2) is 0 Å². The van der Waals surface area contributed by atoms with Crippen molar-refractivity contribution in [2.24, 2.45) is 0 Å². The number of amides is 1. The third kappa shape index (κ3) is 4.91. The molecule has 2 N–H and O–H groups in total. The molecule has 0 fully saturated rings. The maximum absolute atomic E-state index is 11.3. The number of carbonyl (C=O) groups excluding carboxylic acids is 1. The number of aliphatic hydroxyl groups is 1. The predicted molar refractivity (Wildman–Crippen MR) is 78.5 cm³/mol. The van der Waals surface area contributed by atoms with E-state index in [1.807, 2.05) is 0 Å². The maximum atomic E-state index is 11.3. The van der Waals surface area contributed by atoms with Gasteiger partial charge in [0.25, 0.3) is 0 Å². The van der Waals surface area contributed by atoms with E-state index in [4.69, 9.17) is 9.47 Å². The van der Waals surface area contributed by atoms with Gasteiger partial charge in [0.1, 0.15) is 27.0 Å². The minimum Gasteiger partial charge on any atom is -0.494 e. The van der Waals surface area contributed by atoms with Crippen LogP contribution in [0.4, 0.5) is 5.69 Å². The molecule has 0 aliphatic carbocycles. The largest absolute Gasteiger partial charge is 0.494 e. The van der Waals surface area contributed by atoms with Crippen molar-refractivity contribution < 1.29 is 27.8 Å². The summed E-state index contributed by atoms with van der Waals surface area (Å²) >= 11 is 0. The van der Waals surface area contributed by atoms with Crippen LogP contribution in [-0.4, -0.2) is 45.7 Å². The Kier molecular flexibility index (Phi) is 5.56. The van der Waals surface area contributed by atoms with Crippen LogP contribution in [0.15, 0.2) is 12.1 Å². The summed E-state index contributed by atoms with van der Waals surface area (Å²) in [6.45, 7) is 1.34. The van der Waals surface area contributed by atoms with Gasteiger partial charge in [-0.3, -0.25) is 4.79 Å². The number of carbonyl (C=O) groups is 1. The van der Waals surface area contributed by atoms with Crippen molar-refractivity contribution in [3.63, 3.8) is 0 Å². The molecule has 0 aromatic heterocycles. The summed E-state index contributed by atoms with van der Waals surface area (Å²) in [6, 6.07) is 2.92. The van der Waals surface area contributed by atoms with Crippen molar-refractivity contribution in [1.29, 1.82) is 0 Å². The molecule has 0 radical (unpaired) electrons. The number of rotatable bonds is 6. The predicted octanol–water partition coefficient (Wildman–Crippen LogP) is 0.740. The van der Waals surface area contributed by atoms with Crippen molar-refractivity contribution in [1.82, 2.24) is 0 Å². The Morgan fingerprint density at radius 2 is 1.76 bits per heavy atom. The number of aliphatic hydroxyl groups excluding tert-OH is 1. The summed E-state index contributed by atoms with van der Waals surface area (Å²) in [7, 11) is -0.550. The van der Waals surface area contributed by atoms with Gasteiger partial charge < -0.3 is 19.9 Å². The average Bonchev–Trinajstić information content (AvgIpc) is 2.36. The minimum atomic E-state index is -3.34. The van der Waals surface area contributed by atoms with Crippen LogP contribution >= 0.6 is 0 Å². The second-order valence-electron chi connectivity index (χ2n) is 4.59. The van der Waals surface area contributed by atoms with Crippen LogP contribution in [0.2, 0.25) is 0 Å². The van der Waals surface area contributed by atoms with Gasteiger partial charge in [0.05, 0.1) is 26.1 Å². The smallest absolute Gasteiger partial charge is 0.221 e. The van der Waals surface area contributed by atoms with Crippen molar-refractivity contribution in [3.8, 4) is 11.5 Å². The second-order valence-corrected chi connectivity index (χ2v) is 6.77. The molecule has 8 heteroatoms. The summed E-state index contributed by atoms with van der Waals surface area (Å²) in [5.74, 6) is -0.186. The molecule has 21 heavy (non-hydrogen) atoms. The van der Waals surface area contributed by atoms with Gasteiger partial charge in [-0.15, -0.1) is 0 Å². The highest BCUT2D eigenvalue weighted by Gasteiger charge is 2.20. The van der Waals surface area contributed by atoms with E-state index in [1.54, 1.807) is 0 Å². The molecule has 0 heterocycles. The van der Waals surface area contributed by atoms with Crippen LogP contribution in [0, 0.1) is 0 Å². The molecule has 0 saturated heterocycles. The Labute approximate surface area is 123 Å². The van der Waals surface area contributed by atoms with E-state index in [2.05, 4.69) is 5.32 Å². The Hall–Kier alpha value is -1.80. The molecule has 0 aliphatic rings. The summed E-state index contributed by atoms with van der Waals surface area (Å²) in [5.41, 5.74) is 0.644. The first-order valence-corrected chi connectivity index (χ1v) is 8.13. The van der Waals surface area contributed by atoms with Crippen molar-refractivity contribution in [2.75, 3.05) is 31.5 Å². The number of ether oxygens (including phenoxy) is 2. The number of methoxy groups -OCH3 is 2. The third-order valence-corrected chi connectivity index (χ3v) is 3.60. The first kappa shape index (κ1) is 17.3. The monoisotopic (exact) mass is 317 g/mol. The summed E-state index contributed by atoms with van der Waals surface area (Å²) < 4.78 is 32.8. The molecule has 118 valence electrons. The molecule has 1 atom stereocenters.